The Labute approximate surface area is 96.2 Å². The van der Waals surface area contributed by atoms with Gasteiger partial charge in [0.05, 0.1) is 29.1 Å². The minimum atomic E-state index is -0.518. The lowest BCUT2D eigenvalue weighted by molar-refractivity contribution is 0.388. The molecule has 0 atom stereocenters. The summed E-state index contributed by atoms with van der Waals surface area (Å²) in [4.78, 5) is 0. The van der Waals surface area contributed by atoms with Gasteiger partial charge < -0.3 is 15.6 Å². The number of nitrogens with zero attached hydrogens (tertiary/aromatic N) is 1. The van der Waals surface area contributed by atoms with Crippen LogP contribution >= 0.6 is 11.6 Å². The van der Waals surface area contributed by atoms with Gasteiger partial charge in [0.15, 0.2) is 5.76 Å². The Bertz CT molecular complexity index is 487. The average Bonchev–Trinajstić information content (AvgIpc) is 2.74. The van der Waals surface area contributed by atoms with Gasteiger partial charge in [-0.3, -0.25) is 0 Å². The number of hydrogen-bond donors (Lipinski definition) is 2. The van der Waals surface area contributed by atoms with E-state index >= 15 is 0 Å². The van der Waals surface area contributed by atoms with Crippen LogP contribution < -0.4 is 11.1 Å². The van der Waals surface area contributed by atoms with Crippen LogP contribution in [-0.4, -0.2) is 5.16 Å². The first-order valence-corrected chi connectivity index (χ1v) is 4.92. The molecule has 0 fully saturated rings. The fourth-order valence-corrected chi connectivity index (χ4v) is 1.40. The number of rotatable bonds is 3. The number of anilines is 2. The van der Waals surface area contributed by atoms with Crippen LogP contribution in [-0.2, 0) is 6.54 Å². The van der Waals surface area contributed by atoms with Crippen LogP contribution in [0.25, 0.3) is 0 Å². The van der Waals surface area contributed by atoms with Crippen LogP contribution in [0.2, 0.25) is 5.02 Å². The van der Waals surface area contributed by atoms with Gasteiger partial charge in [-0.2, -0.15) is 0 Å². The molecule has 0 saturated carbocycles. The molecular weight excluding hydrogens is 233 g/mol. The number of nitrogens with one attached hydrogen (secondary N) is 1. The second kappa shape index (κ2) is 4.40. The second-order valence-corrected chi connectivity index (χ2v) is 3.59. The maximum atomic E-state index is 13.2. The van der Waals surface area contributed by atoms with Gasteiger partial charge in [-0.05, 0) is 6.07 Å². The van der Waals surface area contributed by atoms with Crippen molar-refractivity contribution in [3.63, 3.8) is 0 Å². The summed E-state index contributed by atoms with van der Waals surface area (Å²) in [5, 5.41) is 6.48. The highest BCUT2D eigenvalue weighted by atomic mass is 35.5. The standard InChI is InChI=1S/C10H9ClFN3O/c11-7-3-9(13)10(4-8(7)12)14-5-6-1-2-15-16-6/h1-4,14H,5,13H2. The van der Waals surface area contributed by atoms with Crippen molar-refractivity contribution >= 4 is 23.0 Å². The molecule has 0 saturated heterocycles. The van der Waals surface area contributed by atoms with E-state index in [1.54, 1.807) is 6.07 Å². The molecule has 16 heavy (non-hydrogen) atoms. The number of nitrogen functional groups attached to an aromatic ring is 1. The van der Waals surface area contributed by atoms with Crippen molar-refractivity contribution in [2.75, 3.05) is 11.1 Å². The van der Waals surface area contributed by atoms with Gasteiger partial charge in [-0.25, -0.2) is 4.39 Å². The normalized spacial score (nSPS) is 10.4. The van der Waals surface area contributed by atoms with E-state index in [1.807, 2.05) is 0 Å². The maximum absolute atomic E-state index is 13.2. The third kappa shape index (κ3) is 2.25. The molecule has 2 aromatic rings. The van der Waals surface area contributed by atoms with Gasteiger partial charge in [-0.15, -0.1) is 0 Å². The first-order valence-electron chi connectivity index (χ1n) is 4.55. The van der Waals surface area contributed by atoms with Crippen molar-refractivity contribution in [2.24, 2.45) is 0 Å². The summed E-state index contributed by atoms with van der Waals surface area (Å²) in [7, 11) is 0. The number of halogens is 2. The van der Waals surface area contributed by atoms with Crippen molar-refractivity contribution in [1.82, 2.24) is 5.16 Å². The molecule has 84 valence electrons. The first-order chi connectivity index (χ1) is 7.66. The van der Waals surface area contributed by atoms with E-state index in [9.17, 15) is 4.39 Å². The Kier molecular flexibility index (Phi) is 2.96. The van der Waals surface area contributed by atoms with Crippen LogP contribution in [0.5, 0.6) is 0 Å². The summed E-state index contributed by atoms with van der Waals surface area (Å²) < 4.78 is 18.0. The van der Waals surface area contributed by atoms with Crippen LogP contribution in [0.15, 0.2) is 28.9 Å². The van der Waals surface area contributed by atoms with E-state index in [0.717, 1.165) is 0 Å². The lowest BCUT2D eigenvalue weighted by atomic mass is 10.2. The van der Waals surface area contributed by atoms with Gasteiger partial charge in [-0.1, -0.05) is 16.8 Å². The molecule has 0 unspecified atom stereocenters. The minimum Gasteiger partial charge on any atom is -0.397 e. The third-order valence-electron chi connectivity index (χ3n) is 2.04. The van der Waals surface area contributed by atoms with Crippen LogP contribution in [0.4, 0.5) is 15.8 Å². The molecule has 0 spiro atoms. The maximum Gasteiger partial charge on any atom is 0.155 e. The molecule has 0 aliphatic heterocycles. The zero-order valence-electron chi connectivity index (χ0n) is 8.21. The Balaban J connectivity index is 2.12. The molecule has 1 aromatic carbocycles. The molecular formula is C10H9ClFN3O. The lowest BCUT2D eigenvalue weighted by Gasteiger charge is -2.08. The molecule has 0 aliphatic rings. The summed E-state index contributed by atoms with van der Waals surface area (Å²) in [6.45, 7) is 0.380. The van der Waals surface area contributed by atoms with Gasteiger partial charge in [0, 0.05) is 12.1 Å². The van der Waals surface area contributed by atoms with Gasteiger partial charge in [0.25, 0.3) is 0 Å². The van der Waals surface area contributed by atoms with Crippen molar-refractivity contribution in [2.45, 2.75) is 6.54 Å². The molecule has 2 rings (SSSR count). The molecule has 0 radical (unpaired) electrons. The van der Waals surface area contributed by atoms with Gasteiger partial charge in [0.2, 0.25) is 0 Å². The van der Waals surface area contributed by atoms with Crippen molar-refractivity contribution in [1.29, 1.82) is 0 Å². The summed E-state index contributed by atoms with van der Waals surface area (Å²) in [5.74, 6) is 0.116. The Morgan fingerprint density at radius 3 is 3.00 bits per heavy atom. The van der Waals surface area contributed by atoms with Crippen LogP contribution in [0, 0.1) is 5.82 Å². The van der Waals surface area contributed by atoms with Crippen LogP contribution in [0.3, 0.4) is 0 Å². The SMILES string of the molecule is Nc1cc(Cl)c(F)cc1NCc1ccno1. The molecule has 0 aliphatic carbocycles. The highest BCUT2D eigenvalue weighted by Gasteiger charge is 2.06. The smallest absolute Gasteiger partial charge is 0.155 e. The quantitative estimate of drug-likeness (QED) is 0.811. The fraction of sp³-hybridized carbons (Fsp3) is 0.100. The van der Waals surface area contributed by atoms with E-state index in [2.05, 4.69) is 10.5 Å². The molecule has 3 N–H and O–H groups in total. The van der Waals surface area contributed by atoms with E-state index in [1.165, 1.54) is 18.3 Å². The number of aromatic nitrogens is 1. The summed E-state index contributed by atoms with van der Waals surface area (Å²) in [6, 6.07) is 4.31. The molecule has 1 aromatic heterocycles. The zero-order valence-corrected chi connectivity index (χ0v) is 8.96. The molecule has 0 bridgehead atoms. The first kappa shape index (κ1) is 10.8. The van der Waals surface area contributed by atoms with E-state index in [0.29, 0.717) is 23.7 Å². The van der Waals surface area contributed by atoms with Gasteiger partial charge >= 0.3 is 0 Å². The van der Waals surface area contributed by atoms with Crippen molar-refractivity contribution < 1.29 is 8.91 Å². The fourth-order valence-electron chi connectivity index (χ4n) is 1.23. The zero-order chi connectivity index (χ0) is 11.5. The Hall–Kier alpha value is -1.75. The predicted molar refractivity (Wildman–Crippen MR) is 59.7 cm³/mol. The van der Waals surface area contributed by atoms with Crippen LogP contribution in [0.1, 0.15) is 5.76 Å². The number of benzene rings is 1. The molecule has 4 nitrogen and oxygen atoms in total. The van der Waals surface area contributed by atoms with Gasteiger partial charge in [0.1, 0.15) is 5.82 Å². The number of nitrogens with two attached hydrogens (primary N) is 1. The number of hydrogen-bond acceptors (Lipinski definition) is 4. The average molecular weight is 242 g/mol. The summed E-state index contributed by atoms with van der Waals surface area (Å²) in [6.07, 6.45) is 1.53. The highest BCUT2D eigenvalue weighted by molar-refractivity contribution is 6.31. The summed E-state index contributed by atoms with van der Waals surface area (Å²) >= 11 is 5.57. The Morgan fingerprint density at radius 1 is 1.50 bits per heavy atom. The van der Waals surface area contributed by atoms with E-state index in [-0.39, 0.29) is 5.02 Å². The highest BCUT2D eigenvalue weighted by Crippen LogP contribution is 2.26. The lowest BCUT2D eigenvalue weighted by Crippen LogP contribution is -2.02. The van der Waals surface area contributed by atoms with E-state index in [4.69, 9.17) is 21.9 Å². The Morgan fingerprint density at radius 2 is 2.31 bits per heavy atom. The molecule has 0 amide bonds. The predicted octanol–water partition coefficient (Wildman–Crippen LogP) is 2.66. The topological polar surface area (TPSA) is 64.1 Å². The summed E-state index contributed by atoms with van der Waals surface area (Å²) in [5.41, 5.74) is 6.52. The van der Waals surface area contributed by atoms with E-state index < -0.39 is 5.82 Å². The third-order valence-corrected chi connectivity index (χ3v) is 2.33. The van der Waals surface area contributed by atoms with Crippen molar-refractivity contribution in [3.8, 4) is 0 Å². The second-order valence-electron chi connectivity index (χ2n) is 3.19. The molecule has 1 heterocycles. The monoisotopic (exact) mass is 241 g/mol. The van der Waals surface area contributed by atoms with Crippen molar-refractivity contribution in [3.05, 3.63) is 41.0 Å². The largest absolute Gasteiger partial charge is 0.397 e. The molecule has 6 heteroatoms. The minimum absolute atomic E-state index is 0.00251.